The van der Waals surface area contributed by atoms with Crippen molar-refractivity contribution in [3.63, 3.8) is 0 Å². The Bertz CT molecular complexity index is 735. The summed E-state index contributed by atoms with van der Waals surface area (Å²) < 4.78 is 0. The summed E-state index contributed by atoms with van der Waals surface area (Å²) in [5, 5.41) is 14.4. The Hall–Kier alpha value is -2.67. The van der Waals surface area contributed by atoms with Gasteiger partial charge in [-0.05, 0) is 18.6 Å². The lowest BCUT2D eigenvalue weighted by Crippen LogP contribution is -2.27. The Balaban J connectivity index is 1.87. The first-order valence-corrected chi connectivity index (χ1v) is 8.34. The SMILES string of the molecule is CC(SCc1ccccc1)C(=O)N/N=C/c1ccccc1[N+](=O)[O-]. The molecule has 2 rings (SSSR count). The molecule has 24 heavy (non-hydrogen) atoms. The maximum Gasteiger partial charge on any atom is 0.278 e. The van der Waals surface area contributed by atoms with Gasteiger partial charge in [0, 0.05) is 11.8 Å². The number of hydrazone groups is 1. The van der Waals surface area contributed by atoms with Crippen molar-refractivity contribution in [2.45, 2.75) is 17.9 Å². The Morgan fingerprint density at radius 2 is 1.92 bits per heavy atom. The van der Waals surface area contributed by atoms with E-state index in [1.54, 1.807) is 25.1 Å². The summed E-state index contributed by atoms with van der Waals surface area (Å²) in [5.41, 5.74) is 3.85. The van der Waals surface area contributed by atoms with Gasteiger partial charge in [0.2, 0.25) is 0 Å². The molecule has 0 bridgehead atoms. The van der Waals surface area contributed by atoms with Gasteiger partial charge in [-0.15, -0.1) is 11.8 Å². The highest BCUT2D eigenvalue weighted by molar-refractivity contribution is 7.99. The van der Waals surface area contributed by atoms with E-state index >= 15 is 0 Å². The molecule has 6 nitrogen and oxygen atoms in total. The zero-order chi connectivity index (χ0) is 17.4. The largest absolute Gasteiger partial charge is 0.278 e. The number of carbonyl (C=O) groups excluding carboxylic acids is 1. The topological polar surface area (TPSA) is 84.6 Å². The fraction of sp³-hybridized carbons (Fsp3) is 0.176. The number of nitro groups is 1. The van der Waals surface area contributed by atoms with E-state index in [1.165, 1.54) is 24.0 Å². The molecule has 2 aromatic carbocycles. The Morgan fingerprint density at radius 3 is 2.62 bits per heavy atom. The van der Waals surface area contributed by atoms with E-state index in [-0.39, 0.29) is 16.8 Å². The van der Waals surface area contributed by atoms with E-state index in [9.17, 15) is 14.9 Å². The monoisotopic (exact) mass is 343 g/mol. The normalized spacial score (nSPS) is 12.0. The lowest BCUT2D eigenvalue weighted by atomic mass is 10.2. The van der Waals surface area contributed by atoms with Crippen LogP contribution in [0.4, 0.5) is 5.69 Å². The molecule has 0 heterocycles. The van der Waals surface area contributed by atoms with Crippen LogP contribution in [-0.4, -0.2) is 22.3 Å². The van der Waals surface area contributed by atoms with Crippen LogP contribution >= 0.6 is 11.8 Å². The van der Waals surface area contributed by atoms with Crippen LogP contribution in [0.1, 0.15) is 18.1 Å². The predicted octanol–water partition coefficient (Wildman–Crippen LogP) is 3.37. The van der Waals surface area contributed by atoms with Gasteiger partial charge < -0.3 is 0 Å². The third kappa shape index (κ3) is 5.20. The van der Waals surface area contributed by atoms with Crippen molar-refractivity contribution < 1.29 is 9.72 Å². The fourth-order valence-corrected chi connectivity index (χ4v) is 2.73. The molecule has 1 atom stereocenters. The summed E-state index contributed by atoms with van der Waals surface area (Å²) in [7, 11) is 0. The molecule has 0 spiro atoms. The van der Waals surface area contributed by atoms with Crippen molar-refractivity contribution in [3.05, 3.63) is 75.8 Å². The minimum absolute atomic E-state index is 0.0537. The number of para-hydroxylation sites is 1. The molecule has 0 saturated heterocycles. The van der Waals surface area contributed by atoms with Crippen molar-refractivity contribution in [2.75, 3.05) is 0 Å². The van der Waals surface area contributed by atoms with E-state index in [4.69, 9.17) is 0 Å². The number of benzene rings is 2. The highest BCUT2D eigenvalue weighted by Crippen LogP contribution is 2.18. The average Bonchev–Trinajstić information content (AvgIpc) is 2.60. The van der Waals surface area contributed by atoms with Crippen LogP contribution in [0.5, 0.6) is 0 Å². The van der Waals surface area contributed by atoms with Crippen molar-refractivity contribution in [1.29, 1.82) is 0 Å². The van der Waals surface area contributed by atoms with Gasteiger partial charge in [0.15, 0.2) is 0 Å². The number of rotatable bonds is 7. The molecule has 1 N–H and O–H groups in total. The van der Waals surface area contributed by atoms with E-state index in [0.29, 0.717) is 5.56 Å². The summed E-state index contributed by atoms with van der Waals surface area (Å²) in [5.74, 6) is 0.481. The number of nitro benzene ring substituents is 1. The number of amides is 1. The minimum atomic E-state index is -0.485. The zero-order valence-electron chi connectivity index (χ0n) is 13.1. The molecule has 0 aliphatic carbocycles. The summed E-state index contributed by atoms with van der Waals surface area (Å²) in [4.78, 5) is 22.4. The summed E-state index contributed by atoms with van der Waals surface area (Å²) in [6.45, 7) is 1.80. The molecule has 0 aliphatic heterocycles. The molecule has 7 heteroatoms. The molecule has 0 radical (unpaired) electrons. The van der Waals surface area contributed by atoms with Crippen LogP contribution in [0.25, 0.3) is 0 Å². The zero-order valence-corrected chi connectivity index (χ0v) is 13.9. The van der Waals surface area contributed by atoms with Crippen LogP contribution < -0.4 is 5.43 Å². The van der Waals surface area contributed by atoms with Crippen LogP contribution in [0.15, 0.2) is 59.7 Å². The van der Waals surface area contributed by atoms with Gasteiger partial charge >= 0.3 is 0 Å². The minimum Gasteiger partial charge on any atom is -0.272 e. The second-order valence-electron chi connectivity index (χ2n) is 4.99. The van der Waals surface area contributed by atoms with Gasteiger partial charge in [-0.2, -0.15) is 5.10 Å². The number of hydrogen-bond donors (Lipinski definition) is 1. The van der Waals surface area contributed by atoms with Gasteiger partial charge in [0.25, 0.3) is 11.6 Å². The second kappa shape index (κ2) is 8.83. The van der Waals surface area contributed by atoms with Gasteiger partial charge in [-0.1, -0.05) is 42.5 Å². The molecular formula is C17H17N3O3S. The first kappa shape index (κ1) is 17.7. The maximum absolute atomic E-state index is 12.0. The number of nitrogens with one attached hydrogen (secondary N) is 1. The summed E-state index contributed by atoms with van der Waals surface area (Å²) in [6.07, 6.45) is 1.28. The van der Waals surface area contributed by atoms with Gasteiger partial charge in [-0.3, -0.25) is 14.9 Å². The first-order valence-electron chi connectivity index (χ1n) is 7.30. The lowest BCUT2D eigenvalue weighted by Gasteiger charge is -2.09. The molecule has 2 aromatic rings. The smallest absolute Gasteiger partial charge is 0.272 e. The van der Waals surface area contributed by atoms with E-state index in [1.807, 2.05) is 30.3 Å². The molecule has 1 amide bonds. The Kier molecular flexibility index (Phi) is 6.51. The maximum atomic E-state index is 12.0. The van der Waals surface area contributed by atoms with Gasteiger partial charge in [0.05, 0.1) is 22.0 Å². The molecule has 0 fully saturated rings. The van der Waals surface area contributed by atoms with E-state index in [0.717, 1.165) is 11.3 Å². The summed E-state index contributed by atoms with van der Waals surface area (Å²) in [6, 6.07) is 16.1. The third-order valence-electron chi connectivity index (χ3n) is 3.22. The van der Waals surface area contributed by atoms with Crippen molar-refractivity contribution in [2.24, 2.45) is 5.10 Å². The number of thioether (sulfide) groups is 1. The van der Waals surface area contributed by atoms with Crippen LogP contribution in [-0.2, 0) is 10.5 Å². The van der Waals surface area contributed by atoms with Crippen LogP contribution in [0.2, 0.25) is 0 Å². The van der Waals surface area contributed by atoms with E-state index < -0.39 is 4.92 Å². The molecule has 0 saturated carbocycles. The number of nitrogens with zero attached hydrogens (tertiary/aromatic N) is 2. The molecule has 0 aromatic heterocycles. The quantitative estimate of drug-likeness (QED) is 0.474. The Morgan fingerprint density at radius 1 is 1.25 bits per heavy atom. The lowest BCUT2D eigenvalue weighted by molar-refractivity contribution is -0.385. The molecule has 124 valence electrons. The van der Waals surface area contributed by atoms with Crippen LogP contribution in [0.3, 0.4) is 0 Å². The Labute approximate surface area is 144 Å². The van der Waals surface area contributed by atoms with Crippen molar-refractivity contribution in [1.82, 2.24) is 5.43 Å². The van der Waals surface area contributed by atoms with Crippen LogP contribution in [0, 0.1) is 10.1 Å². The molecule has 1 unspecified atom stereocenters. The fourth-order valence-electron chi connectivity index (χ4n) is 1.89. The molecule has 0 aliphatic rings. The number of hydrogen-bond acceptors (Lipinski definition) is 5. The highest BCUT2D eigenvalue weighted by atomic mass is 32.2. The van der Waals surface area contributed by atoms with Gasteiger partial charge in [0.1, 0.15) is 0 Å². The second-order valence-corrected chi connectivity index (χ2v) is 6.32. The molecular weight excluding hydrogens is 326 g/mol. The average molecular weight is 343 g/mol. The standard InChI is InChI=1S/C17H17N3O3S/c1-13(24-12-14-7-3-2-4-8-14)17(21)19-18-11-15-9-5-6-10-16(15)20(22)23/h2-11,13H,12H2,1H3,(H,19,21)/b18-11+. The highest BCUT2D eigenvalue weighted by Gasteiger charge is 2.13. The summed E-state index contributed by atoms with van der Waals surface area (Å²) >= 11 is 1.50. The van der Waals surface area contributed by atoms with Crippen molar-refractivity contribution in [3.8, 4) is 0 Å². The van der Waals surface area contributed by atoms with Crippen molar-refractivity contribution >= 4 is 29.6 Å². The van der Waals surface area contributed by atoms with E-state index in [2.05, 4.69) is 10.5 Å². The van der Waals surface area contributed by atoms with Gasteiger partial charge in [-0.25, -0.2) is 5.43 Å². The first-order chi connectivity index (χ1) is 11.6. The predicted molar refractivity (Wildman–Crippen MR) is 96.0 cm³/mol. The third-order valence-corrected chi connectivity index (χ3v) is 4.44. The number of carbonyl (C=O) groups is 1.